The van der Waals surface area contributed by atoms with Crippen molar-refractivity contribution in [2.45, 2.75) is 38.2 Å². The summed E-state index contributed by atoms with van der Waals surface area (Å²) in [5.41, 5.74) is 6.03. The van der Waals surface area contributed by atoms with Gasteiger partial charge in [-0.2, -0.15) is 0 Å². The Kier molecular flexibility index (Phi) is 4.63. The van der Waals surface area contributed by atoms with Crippen LogP contribution in [0.3, 0.4) is 0 Å². The van der Waals surface area contributed by atoms with Crippen LogP contribution in [0, 0.1) is 11.8 Å². The number of nitrogens with zero attached hydrogens (tertiary/aromatic N) is 3. The maximum Gasteiger partial charge on any atom is 0.282 e. The van der Waals surface area contributed by atoms with E-state index in [1.54, 1.807) is 6.07 Å². The second-order valence-corrected chi connectivity index (χ2v) is 8.20. The van der Waals surface area contributed by atoms with Crippen LogP contribution in [0.4, 0.5) is 14.5 Å². The molecule has 3 heterocycles. The van der Waals surface area contributed by atoms with Crippen LogP contribution in [0.5, 0.6) is 5.88 Å². The van der Waals surface area contributed by atoms with Gasteiger partial charge in [0.05, 0.1) is 19.7 Å². The standard InChI is InChI=1S/C19H24F2N4O3/c1-11-6-15(16(22)26)25(7-11)18(27)13-4-5-14(24-9-19(20,21)10-24)17(23-13)28-8-12-2-3-12/h4-5,11-12,15H,2-3,6-10H2,1H3,(H2,22,26)/t11-,15-/m0/s1. The predicted molar refractivity (Wildman–Crippen MR) is 97.4 cm³/mol. The molecule has 0 bridgehead atoms. The summed E-state index contributed by atoms with van der Waals surface area (Å²) >= 11 is 0. The highest BCUT2D eigenvalue weighted by Crippen LogP contribution is 2.38. The Bertz CT molecular complexity index is 791. The monoisotopic (exact) mass is 394 g/mol. The summed E-state index contributed by atoms with van der Waals surface area (Å²) < 4.78 is 32.4. The van der Waals surface area contributed by atoms with Crippen LogP contribution in [0.2, 0.25) is 0 Å². The van der Waals surface area contributed by atoms with Crippen molar-refractivity contribution < 1.29 is 23.1 Å². The molecule has 2 atom stereocenters. The lowest BCUT2D eigenvalue weighted by Gasteiger charge is -2.40. The normalized spacial score (nSPS) is 26.1. The molecule has 7 nitrogen and oxygen atoms in total. The first-order valence-electron chi connectivity index (χ1n) is 9.60. The number of anilines is 1. The van der Waals surface area contributed by atoms with Crippen molar-refractivity contribution in [1.29, 1.82) is 0 Å². The summed E-state index contributed by atoms with van der Waals surface area (Å²) in [4.78, 5) is 31.9. The molecule has 0 spiro atoms. The highest BCUT2D eigenvalue weighted by Gasteiger charge is 2.45. The number of nitrogens with two attached hydrogens (primary N) is 1. The van der Waals surface area contributed by atoms with Gasteiger partial charge in [0, 0.05) is 6.54 Å². The zero-order valence-corrected chi connectivity index (χ0v) is 15.7. The third-order valence-corrected chi connectivity index (χ3v) is 5.50. The van der Waals surface area contributed by atoms with Gasteiger partial charge in [-0.05, 0) is 43.2 Å². The van der Waals surface area contributed by atoms with Crippen molar-refractivity contribution in [3.63, 3.8) is 0 Å². The fourth-order valence-electron chi connectivity index (χ4n) is 3.75. The van der Waals surface area contributed by atoms with Crippen molar-refractivity contribution in [2.75, 3.05) is 31.1 Å². The Balaban J connectivity index is 1.57. The highest BCUT2D eigenvalue weighted by molar-refractivity contribution is 5.96. The summed E-state index contributed by atoms with van der Waals surface area (Å²) in [5.74, 6) is -2.86. The van der Waals surface area contributed by atoms with Crippen molar-refractivity contribution in [3.05, 3.63) is 17.8 Å². The Labute approximate surface area is 161 Å². The number of rotatable bonds is 6. The number of carbonyl (C=O) groups is 2. The molecule has 0 unspecified atom stereocenters. The molecule has 1 aromatic rings. The van der Waals surface area contributed by atoms with E-state index in [1.165, 1.54) is 15.9 Å². The zero-order chi connectivity index (χ0) is 20.1. The predicted octanol–water partition coefficient (Wildman–Crippen LogP) is 1.66. The molecule has 1 aliphatic carbocycles. The molecule has 1 saturated carbocycles. The van der Waals surface area contributed by atoms with E-state index in [0.29, 0.717) is 31.2 Å². The third-order valence-electron chi connectivity index (χ3n) is 5.50. The number of carbonyl (C=O) groups excluding carboxylic acids is 2. The van der Waals surface area contributed by atoms with Gasteiger partial charge in [0.2, 0.25) is 11.8 Å². The number of halogens is 2. The minimum Gasteiger partial charge on any atom is -0.476 e. The van der Waals surface area contributed by atoms with Crippen LogP contribution >= 0.6 is 0 Å². The van der Waals surface area contributed by atoms with Crippen molar-refractivity contribution >= 4 is 17.5 Å². The molecule has 2 aliphatic heterocycles. The lowest BCUT2D eigenvalue weighted by molar-refractivity contribution is -0.121. The van der Waals surface area contributed by atoms with E-state index >= 15 is 0 Å². The van der Waals surface area contributed by atoms with Gasteiger partial charge in [-0.25, -0.2) is 13.8 Å². The molecule has 0 aromatic carbocycles. The number of pyridine rings is 1. The zero-order valence-electron chi connectivity index (χ0n) is 15.7. The first-order chi connectivity index (χ1) is 13.2. The Hall–Kier alpha value is -2.45. The topological polar surface area (TPSA) is 88.8 Å². The summed E-state index contributed by atoms with van der Waals surface area (Å²) in [6.45, 7) is 2.04. The van der Waals surface area contributed by atoms with E-state index in [2.05, 4.69) is 4.98 Å². The maximum atomic E-state index is 13.3. The van der Waals surface area contributed by atoms with Crippen LogP contribution < -0.4 is 15.4 Å². The lowest BCUT2D eigenvalue weighted by atomic mass is 10.1. The largest absolute Gasteiger partial charge is 0.476 e. The summed E-state index contributed by atoms with van der Waals surface area (Å²) in [6.07, 6.45) is 2.66. The molecule has 2 amide bonds. The average Bonchev–Trinajstić information content (AvgIpc) is 3.36. The van der Waals surface area contributed by atoms with Crippen molar-refractivity contribution in [3.8, 4) is 5.88 Å². The number of aromatic nitrogens is 1. The molecule has 28 heavy (non-hydrogen) atoms. The van der Waals surface area contributed by atoms with Gasteiger partial charge >= 0.3 is 0 Å². The fourth-order valence-corrected chi connectivity index (χ4v) is 3.75. The Morgan fingerprint density at radius 1 is 1.32 bits per heavy atom. The van der Waals surface area contributed by atoms with E-state index < -0.39 is 36.9 Å². The van der Waals surface area contributed by atoms with Gasteiger partial charge in [0.1, 0.15) is 17.4 Å². The minimum absolute atomic E-state index is 0.127. The van der Waals surface area contributed by atoms with Gasteiger partial charge in [0.25, 0.3) is 11.8 Å². The number of ether oxygens (including phenoxy) is 1. The summed E-state index contributed by atoms with van der Waals surface area (Å²) in [6, 6.07) is 2.43. The quantitative estimate of drug-likeness (QED) is 0.793. The average molecular weight is 394 g/mol. The van der Waals surface area contributed by atoms with Crippen molar-refractivity contribution in [1.82, 2.24) is 9.88 Å². The number of likely N-dealkylation sites (tertiary alicyclic amines) is 1. The molecular weight excluding hydrogens is 370 g/mol. The first-order valence-corrected chi connectivity index (χ1v) is 9.60. The third kappa shape index (κ3) is 3.74. The van der Waals surface area contributed by atoms with E-state index in [4.69, 9.17) is 10.5 Å². The number of hydrogen-bond donors (Lipinski definition) is 1. The number of hydrogen-bond acceptors (Lipinski definition) is 5. The van der Waals surface area contributed by atoms with Crippen LogP contribution in [-0.4, -0.2) is 59.9 Å². The van der Waals surface area contributed by atoms with Gasteiger partial charge in [0.15, 0.2) is 0 Å². The van der Waals surface area contributed by atoms with Crippen molar-refractivity contribution in [2.24, 2.45) is 17.6 Å². The summed E-state index contributed by atoms with van der Waals surface area (Å²) in [7, 11) is 0. The van der Waals surface area contributed by atoms with Crippen LogP contribution in [-0.2, 0) is 4.79 Å². The molecule has 4 rings (SSSR count). The molecule has 9 heteroatoms. The molecule has 152 valence electrons. The van der Waals surface area contributed by atoms with Gasteiger partial charge in [-0.3, -0.25) is 9.59 Å². The molecule has 2 N–H and O–H groups in total. The van der Waals surface area contributed by atoms with Crippen LogP contribution in [0.1, 0.15) is 36.7 Å². The maximum absolute atomic E-state index is 13.3. The molecule has 3 fully saturated rings. The molecular formula is C19H24F2N4O3. The SMILES string of the molecule is C[C@H]1C[C@@H](C(N)=O)N(C(=O)c2ccc(N3CC(F)(F)C3)c(OCC3CC3)n2)C1. The highest BCUT2D eigenvalue weighted by atomic mass is 19.3. The number of amides is 2. The van der Waals surface area contributed by atoms with E-state index in [0.717, 1.165) is 12.8 Å². The minimum atomic E-state index is -2.72. The molecule has 1 aromatic heterocycles. The summed E-state index contributed by atoms with van der Waals surface area (Å²) in [5, 5.41) is 0. The van der Waals surface area contributed by atoms with E-state index in [1.807, 2.05) is 6.92 Å². The molecule has 0 radical (unpaired) electrons. The second kappa shape index (κ2) is 6.86. The number of alkyl halides is 2. The smallest absolute Gasteiger partial charge is 0.282 e. The first kappa shape index (κ1) is 18.9. The Morgan fingerprint density at radius 2 is 2.04 bits per heavy atom. The lowest BCUT2D eigenvalue weighted by Crippen LogP contribution is -2.56. The fraction of sp³-hybridized carbons (Fsp3) is 0.632. The van der Waals surface area contributed by atoms with Crippen LogP contribution in [0.25, 0.3) is 0 Å². The molecule has 2 saturated heterocycles. The van der Waals surface area contributed by atoms with E-state index in [-0.39, 0.29) is 17.5 Å². The van der Waals surface area contributed by atoms with E-state index in [9.17, 15) is 18.4 Å². The van der Waals surface area contributed by atoms with Crippen LogP contribution in [0.15, 0.2) is 12.1 Å². The Morgan fingerprint density at radius 3 is 2.64 bits per heavy atom. The van der Waals surface area contributed by atoms with Gasteiger partial charge in [-0.1, -0.05) is 6.92 Å². The van der Waals surface area contributed by atoms with Gasteiger partial charge < -0.3 is 20.3 Å². The number of primary amides is 1. The van der Waals surface area contributed by atoms with Gasteiger partial charge in [-0.15, -0.1) is 0 Å². The molecule has 3 aliphatic rings. The second-order valence-electron chi connectivity index (χ2n) is 8.20.